The first kappa shape index (κ1) is 16.3. The van der Waals surface area contributed by atoms with Gasteiger partial charge in [-0.15, -0.1) is 0 Å². The summed E-state index contributed by atoms with van der Waals surface area (Å²) in [5.74, 6) is 5.46. The molecule has 2 fully saturated rings. The normalized spacial score (nSPS) is 43.5. The molecule has 0 nitrogen and oxygen atoms in total. The van der Waals surface area contributed by atoms with Crippen molar-refractivity contribution in [3.63, 3.8) is 0 Å². The van der Waals surface area contributed by atoms with Crippen molar-refractivity contribution in [2.45, 2.75) is 78.1 Å². The van der Waals surface area contributed by atoms with E-state index in [0.29, 0.717) is 0 Å². The largest absolute Gasteiger partial charge is 0.0848 e. The fourth-order valence-electron chi connectivity index (χ4n) is 4.91. The molecule has 0 radical (unpaired) electrons. The van der Waals surface area contributed by atoms with Gasteiger partial charge in [-0.1, -0.05) is 63.8 Å². The van der Waals surface area contributed by atoms with Crippen LogP contribution in [0.4, 0.5) is 0 Å². The van der Waals surface area contributed by atoms with Crippen LogP contribution in [0.3, 0.4) is 0 Å². The Balaban J connectivity index is 1.44. The number of rotatable bonds is 3. The van der Waals surface area contributed by atoms with Gasteiger partial charge in [0.1, 0.15) is 0 Å². The first-order valence-electron chi connectivity index (χ1n) is 10.1. The summed E-state index contributed by atoms with van der Waals surface area (Å²) in [6.07, 6.45) is 24.7. The number of allylic oxidation sites excluding steroid dienone is 4. The van der Waals surface area contributed by atoms with Crippen molar-refractivity contribution in [2.24, 2.45) is 35.5 Å². The second kappa shape index (κ2) is 7.84. The minimum atomic E-state index is 0.734. The molecule has 2 atom stereocenters. The van der Waals surface area contributed by atoms with Gasteiger partial charge in [-0.3, -0.25) is 0 Å². The third-order valence-corrected chi connectivity index (χ3v) is 6.80. The van der Waals surface area contributed by atoms with Gasteiger partial charge in [0.05, 0.1) is 0 Å². The van der Waals surface area contributed by atoms with E-state index in [0.717, 1.165) is 35.5 Å². The van der Waals surface area contributed by atoms with Gasteiger partial charge in [0, 0.05) is 0 Å². The van der Waals surface area contributed by atoms with Crippen molar-refractivity contribution < 1.29 is 0 Å². The van der Waals surface area contributed by atoms with Gasteiger partial charge in [0.2, 0.25) is 0 Å². The summed E-state index contributed by atoms with van der Waals surface area (Å²) in [6.45, 7) is 4.84. The first-order chi connectivity index (χ1) is 10.7. The monoisotopic (exact) mass is 300 g/mol. The predicted octanol–water partition coefficient (Wildman–Crippen LogP) is 6.78. The Morgan fingerprint density at radius 3 is 1.86 bits per heavy atom. The summed E-state index contributed by atoms with van der Waals surface area (Å²) in [5, 5.41) is 0. The van der Waals surface area contributed by atoms with E-state index in [1.54, 1.807) is 0 Å². The maximum absolute atomic E-state index is 2.59. The summed E-state index contributed by atoms with van der Waals surface area (Å²) in [5.41, 5.74) is 0. The standard InChI is InChI=1S/C22H36/c1-17-3-7-19(8-4-17)9-10-20-11-15-22(16-12-20)21-13-5-18(2)6-14-21/h9-11,15,17-22H,3-8,12-14,16H2,1-2H3/b10-9+. The molecule has 2 saturated carbocycles. The Labute approximate surface area is 138 Å². The van der Waals surface area contributed by atoms with Crippen molar-refractivity contribution in [1.29, 1.82) is 0 Å². The summed E-state index contributed by atoms with van der Waals surface area (Å²) in [6, 6.07) is 0. The fourth-order valence-corrected chi connectivity index (χ4v) is 4.91. The highest BCUT2D eigenvalue weighted by molar-refractivity contribution is 5.08. The van der Waals surface area contributed by atoms with Crippen molar-refractivity contribution in [2.75, 3.05) is 0 Å². The summed E-state index contributed by atoms with van der Waals surface area (Å²) >= 11 is 0. The van der Waals surface area contributed by atoms with Crippen LogP contribution in [0.1, 0.15) is 78.1 Å². The van der Waals surface area contributed by atoms with Crippen LogP contribution >= 0.6 is 0 Å². The van der Waals surface area contributed by atoms with E-state index in [9.17, 15) is 0 Å². The second-order valence-electron chi connectivity index (χ2n) is 8.71. The lowest BCUT2D eigenvalue weighted by Crippen LogP contribution is -2.22. The average Bonchev–Trinajstić information content (AvgIpc) is 2.56. The molecular formula is C22H36. The highest BCUT2D eigenvalue weighted by Crippen LogP contribution is 2.38. The SMILES string of the molecule is CC1CCC(/C=C/C2C=CC(C3CCC(C)CC3)CC2)CC1. The fraction of sp³-hybridized carbons (Fsp3) is 0.818. The third-order valence-electron chi connectivity index (χ3n) is 6.80. The van der Waals surface area contributed by atoms with Gasteiger partial charge in [-0.2, -0.15) is 0 Å². The van der Waals surface area contributed by atoms with Crippen molar-refractivity contribution in [3.8, 4) is 0 Å². The van der Waals surface area contributed by atoms with E-state index in [1.165, 1.54) is 64.2 Å². The Bertz CT molecular complexity index is 375. The van der Waals surface area contributed by atoms with Gasteiger partial charge in [-0.05, 0) is 74.0 Å². The minimum absolute atomic E-state index is 0.734. The molecule has 22 heavy (non-hydrogen) atoms. The molecule has 0 aliphatic heterocycles. The molecule has 0 bridgehead atoms. The molecule has 3 rings (SSSR count). The molecule has 3 aliphatic rings. The van der Waals surface area contributed by atoms with E-state index in [2.05, 4.69) is 38.2 Å². The molecule has 3 aliphatic carbocycles. The summed E-state index contributed by atoms with van der Waals surface area (Å²) in [4.78, 5) is 0. The molecule has 0 N–H and O–H groups in total. The molecule has 124 valence electrons. The van der Waals surface area contributed by atoms with Crippen LogP contribution in [0.15, 0.2) is 24.3 Å². The van der Waals surface area contributed by atoms with Gasteiger partial charge >= 0.3 is 0 Å². The lowest BCUT2D eigenvalue weighted by atomic mass is 9.72. The van der Waals surface area contributed by atoms with Crippen LogP contribution in [0.2, 0.25) is 0 Å². The Morgan fingerprint density at radius 2 is 1.27 bits per heavy atom. The molecule has 0 spiro atoms. The molecule has 0 aromatic heterocycles. The lowest BCUT2D eigenvalue weighted by Gasteiger charge is -2.33. The third kappa shape index (κ3) is 4.49. The maximum Gasteiger partial charge on any atom is -0.00531 e. The Morgan fingerprint density at radius 1 is 0.636 bits per heavy atom. The van der Waals surface area contributed by atoms with Crippen molar-refractivity contribution in [1.82, 2.24) is 0 Å². The lowest BCUT2D eigenvalue weighted by molar-refractivity contribution is 0.224. The maximum atomic E-state index is 2.59. The van der Waals surface area contributed by atoms with Crippen LogP contribution in [0.25, 0.3) is 0 Å². The zero-order valence-electron chi connectivity index (χ0n) is 14.8. The number of hydrogen-bond donors (Lipinski definition) is 0. The van der Waals surface area contributed by atoms with E-state index < -0.39 is 0 Å². The van der Waals surface area contributed by atoms with E-state index >= 15 is 0 Å². The minimum Gasteiger partial charge on any atom is -0.0848 e. The highest BCUT2D eigenvalue weighted by atomic mass is 14.3. The quantitative estimate of drug-likeness (QED) is 0.504. The molecule has 0 heteroatoms. The summed E-state index contributed by atoms with van der Waals surface area (Å²) in [7, 11) is 0. The van der Waals surface area contributed by atoms with E-state index in [-0.39, 0.29) is 0 Å². The second-order valence-corrected chi connectivity index (χ2v) is 8.71. The highest BCUT2D eigenvalue weighted by Gasteiger charge is 2.26. The number of hydrogen-bond acceptors (Lipinski definition) is 0. The zero-order chi connectivity index (χ0) is 15.4. The summed E-state index contributed by atoms with van der Waals surface area (Å²) < 4.78 is 0. The Kier molecular flexibility index (Phi) is 5.83. The van der Waals surface area contributed by atoms with Crippen LogP contribution in [0.5, 0.6) is 0 Å². The van der Waals surface area contributed by atoms with Gasteiger partial charge < -0.3 is 0 Å². The van der Waals surface area contributed by atoms with E-state index in [4.69, 9.17) is 0 Å². The molecule has 2 unspecified atom stereocenters. The van der Waals surface area contributed by atoms with Gasteiger partial charge in [0.15, 0.2) is 0 Å². The topological polar surface area (TPSA) is 0 Å². The van der Waals surface area contributed by atoms with Gasteiger partial charge in [-0.25, -0.2) is 0 Å². The average molecular weight is 301 g/mol. The van der Waals surface area contributed by atoms with Crippen LogP contribution in [-0.2, 0) is 0 Å². The van der Waals surface area contributed by atoms with E-state index in [1.807, 2.05) is 0 Å². The Hall–Kier alpha value is -0.520. The zero-order valence-corrected chi connectivity index (χ0v) is 14.8. The predicted molar refractivity (Wildman–Crippen MR) is 96.7 cm³/mol. The molecule has 0 aromatic carbocycles. The first-order valence-corrected chi connectivity index (χ1v) is 10.1. The van der Waals surface area contributed by atoms with Crippen molar-refractivity contribution in [3.05, 3.63) is 24.3 Å². The smallest absolute Gasteiger partial charge is 0.00531 e. The van der Waals surface area contributed by atoms with Crippen LogP contribution in [0, 0.1) is 35.5 Å². The molecule has 0 saturated heterocycles. The van der Waals surface area contributed by atoms with Crippen LogP contribution < -0.4 is 0 Å². The van der Waals surface area contributed by atoms with Crippen LogP contribution in [-0.4, -0.2) is 0 Å². The molecule has 0 heterocycles. The molecular weight excluding hydrogens is 264 g/mol. The molecule has 0 aromatic rings. The molecule has 0 amide bonds. The van der Waals surface area contributed by atoms with Gasteiger partial charge in [0.25, 0.3) is 0 Å². The van der Waals surface area contributed by atoms with Crippen molar-refractivity contribution >= 4 is 0 Å².